The molecule has 1 amide bonds. The van der Waals surface area contributed by atoms with Crippen molar-refractivity contribution >= 4 is 11.7 Å². The fourth-order valence-corrected chi connectivity index (χ4v) is 2.60. The third-order valence-corrected chi connectivity index (χ3v) is 4.06. The van der Waals surface area contributed by atoms with Crippen LogP contribution in [0.1, 0.15) is 37.0 Å². The van der Waals surface area contributed by atoms with Crippen LogP contribution >= 0.6 is 0 Å². The minimum atomic E-state index is -0.0575. The van der Waals surface area contributed by atoms with E-state index in [2.05, 4.69) is 22.1 Å². The summed E-state index contributed by atoms with van der Waals surface area (Å²) in [5.74, 6) is 1.43. The molecule has 0 spiro atoms. The maximum absolute atomic E-state index is 11.8. The molecular weight excluding hydrogens is 266 g/mol. The Bertz CT molecular complexity index is 461. The Labute approximate surface area is 126 Å². The third kappa shape index (κ3) is 3.94. The molecule has 2 rings (SSSR count). The van der Waals surface area contributed by atoms with Crippen LogP contribution < -0.4 is 10.2 Å². The third-order valence-electron chi connectivity index (χ3n) is 4.06. The topological polar surface area (TPSA) is 54.5 Å². The van der Waals surface area contributed by atoms with Gasteiger partial charge in [0.1, 0.15) is 5.82 Å². The zero-order chi connectivity index (χ0) is 15.2. The number of rotatable bonds is 5. The Kier molecular flexibility index (Phi) is 5.56. The van der Waals surface area contributed by atoms with Gasteiger partial charge in [-0.1, -0.05) is 13.8 Å². The number of hydrogen-bond acceptors (Lipinski definition) is 4. The van der Waals surface area contributed by atoms with Gasteiger partial charge in [0.25, 0.3) is 5.91 Å². The predicted molar refractivity (Wildman–Crippen MR) is 83.7 cm³/mol. The first kappa shape index (κ1) is 15.8. The largest absolute Gasteiger partial charge is 0.379 e. The Balaban J connectivity index is 2.00. The monoisotopic (exact) mass is 291 g/mol. The highest BCUT2D eigenvalue weighted by Gasteiger charge is 2.26. The highest BCUT2D eigenvalue weighted by Crippen LogP contribution is 2.23. The second-order valence-electron chi connectivity index (χ2n) is 5.65. The molecule has 2 atom stereocenters. The number of nitrogens with zero attached hydrogens (tertiary/aromatic N) is 2. The lowest BCUT2D eigenvalue weighted by Crippen LogP contribution is -2.44. The van der Waals surface area contributed by atoms with Crippen LogP contribution in [0.2, 0.25) is 0 Å². The average Bonchev–Trinajstić information content (AvgIpc) is 2.53. The summed E-state index contributed by atoms with van der Waals surface area (Å²) in [5, 5.41) is 2.86. The van der Waals surface area contributed by atoms with Crippen molar-refractivity contribution in [2.75, 3.05) is 31.6 Å². The molecule has 116 valence electrons. The molecule has 0 saturated carbocycles. The van der Waals surface area contributed by atoms with Crippen molar-refractivity contribution < 1.29 is 9.53 Å². The van der Waals surface area contributed by atoms with Crippen molar-refractivity contribution in [1.82, 2.24) is 10.3 Å². The molecule has 1 fully saturated rings. The first-order valence-electron chi connectivity index (χ1n) is 7.67. The predicted octanol–water partition coefficient (Wildman–Crippen LogP) is 2.08. The van der Waals surface area contributed by atoms with Gasteiger partial charge in [-0.05, 0) is 30.9 Å². The van der Waals surface area contributed by atoms with Crippen molar-refractivity contribution in [3.8, 4) is 0 Å². The fraction of sp³-hybridized carbons (Fsp3) is 0.625. The van der Waals surface area contributed by atoms with Gasteiger partial charge in [-0.2, -0.15) is 0 Å². The van der Waals surface area contributed by atoms with E-state index in [1.54, 1.807) is 13.3 Å². The highest BCUT2D eigenvalue weighted by atomic mass is 16.5. The van der Waals surface area contributed by atoms with Crippen molar-refractivity contribution in [2.24, 2.45) is 5.92 Å². The van der Waals surface area contributed by atoms with Gasteiger partial charge in [0.15, 0.2) is 0 Å². The van der Waals surface area contributed by atoms with E-state index in [0.29, 0.717) is 18.0 Å². The Morgan fingerprint density at radius 1 is 1.52 bits per heavy atom. The van der Waals surface area contributed by atoms with Crippen molar-refractivity contribution in [3.05, 3.63) is 23.9 Å². The lowest BCUT2D eigenvalue weighted by atomic mass is 9.96. The quantitative estimate of drug-likeness (QED) is 0.902. The van der Waals surface area contributed by atoms with Crippen LogP contribution in [-0.2, 0) is 4.74 Å². The molecule has 1 N–H and O–H groups in total. The lowest BCUT2D eigenvalue weighted by Gasteiger charge is -2.36. The second-order valence-corrected chi connectivity index (χ2v) is 5.65. The maximum Gasteiger partial charge on any atom is 0.252 e. The van der Waals surface area contributed by atoms with E-state index in [1.165, 1.54) is 0 Å². The van der Waals surface area contributed by atoms with Gasteiger partial charge >= 0.3 is 0 Å². The van der Waals surface area contributed by atoms with E-state index in [9.17, 15) is 4.79 Å². The molecule has 1 aliphatic rings. The summed E-state index contributed by atoms with van der Waals surface area (Å²) in [4.78, 5) is 18.5. The molecule has 0 aromatic carbocycles. The molecule has 0 bridgehead atoms. The Morgan fingerprint density at radius 3 is 2.95 bits per heavy atom. The van der Waals surface area contributed by atoms with E-state index in [-0.39, 0.29) is 12.0 Å². The molecule has 21 heavy (non-hydrogen) atoms. The number of nitrogens with one attached hydrogen (secondary N) is 1. The summed E-state index contributed by atoms with van der Waals surface area (Å²) in [6.07, 6.45) is 3.92. The van der Waals surface area contributed by atoms with Crippen LogP contribution in [0.25, 0.3) is 0 Å². The zero-order valence-corrected chi connectivity index (χ0v) is 13.1. The molecule has 1 aromatic rings. The SMILES string of the molecule is CCCNC(=O)c1ccc(N2CCC(C)C(OC)C2)nc1. The van der Waals surface area contributed by atoms with Crippen molar-refractivity contribution in [3.63, 3.8) is 0 Å². The van der Waals surface area contributed by atoms with Crippen LogP contribution in [0, 0.1) is 5.92 Å². The number of carbonyl (C=O) groups is 1. The maximum atomic E-state index is 11.8. The summed E-state index contributed by atoms with van der Waals surface area (Å²) in [7, 11) is 1.76. The summed E-state index contributed by atoms with van der Waals surface area (Å²) in [6, 6.07) is 3.76. The minimum absolute atomic E-state index is 0.0575. The molecule has 0 radical (unpaired) electrons. The summed E-state index contributed by atoms with van der Waals surface area (Å²) in [6.45, 7) is 6.78. The van der Waals surface area contributed by atoms with Crippen LogP contribution in [-0.4, -0.2) is 43.7 Å². The molecule has 0 aliphatic carbocycles. The fourth-order valence-electron chi connectivity index (χ4n) is 2.60. The van der Waals surface area contributed by atoms with Gasteiger partial charge in [0, 0.05) is 32.9 Å². The number of ether oxygens (including phenoxy) is 1. The molecule has 2 heterocycles. The second kappa shape index (κ2) is 7.41. The normalized spacial score (nSPS) is 22.1. The van der Waals surface area contributed by atoms with Crippen LogP contribution in [0.4, 0.5) is 5.82 Å². The van der Waals surface area contributed by atoms with Gasteiger partial charge in [-0.25, -0.2) is 4.98 Å². The summed E-state index contributed by atoms with van der Waals surface area (Å²) in [5.41, 5.74) is 0.612. The van der Waals surface area contributed by atoms with Crippen LogP contribution in [0.5, 0.6) is 0 Å². The summed E-state index contributed by atoms with van der Waals surface area (Å²) >= 11 is 0. The van der Waals surface area contributed by atoms with Crippen molar-refractivity contribution in [1.29, 1.82) is 0 Å². The standard InChI is InChI=1S/C16H25N3O2/c1-4-8-17-16(20)13-5-6-15(18-10-13)19-9-7-12(2)14(11-19)21-3/h5-6,10,12,14H,4,7-9,11H2,1-3H3,(H,17,20). The van der Waals surface area contributed by atoms with Gasteiger partial charge in [0.05, 0.1) is 11.7 Å². The molecule has 1 aliphatic heterocycles. The number of anilines is 1. The Morgan fingerprint density at radius 2 is 2.33 bits per heavy atom. The van der Waals surface area contributed by atoms with Gasteiger partial charge in [-0.3, -0.25) is 4.79 Å². The molecule has 1 aromatic heterocycles. The number of piperidine rings is 1. The molecular formula is C16H25N3O2. The molecule has 1 saturated heterocycles. The number of hydrogen-bond donors (Lipinski definition) is 1. The first-order valence-corrected chi connectivity index (χ1v) is 7.67. The molecule has 2 unspecified atom stereocenters. The lowest BCUT2D eigenvalue weighted by molar-refractivity contribution is 0.0496. The van der Waals surface area contributed by atoms with Crippen molar-refractivity contribution in [2.45, 2.75) is 32.8 Å². The summed E-state index contributed by atoms with van der Waals surface area (Å²) < 4.78 is 5.53. The van der Waals surface area contributed by atoms with Gasteiger partial charge < -0.3 is 15.0 Å². The van der Waals surface area contributed by atoms with E-state index >= 15 is 0 Å². The molecule has 5 nitrogen and oxygen atoms in total. The van der Waals surface area contributed by atoms with E-state index < -0.39 is 0 Å². The van der Waals surface area contributed by atoms with Gasteiger partial charge in [-0.15, -0.1) is 0 Å². The van der Waals surface area contributed by atoms with E-state index in [1.807, 2.05) is 19.1 Å². The first-order chi connectivity index (χ1) is 10.2. The van der Waals surface area contributed by atoms with Gasteiger partial charge in [0.2, 0.25) is 0 Å². The number of amides is 1. The van der Waals surface area contributed by atoms with Crippen LogP contribution in [0.3, 0.4) is 0 Å². The number of methoxy groups -OCH3 is 1. The average molecular weight is 291 g/mol. The number of carbonyl (C=O) groups excluding carboxylic acids is 1. The smallest absolute Gasteiger partial charge is 0.252 e. The zero-order valence-electron chi connectivity index (χ0n) is 13.1. The molecule has 5 heteroatoms. The van der Waals surface area contributed by atoms with E-state index in [0.717, 1.165) is 31.7 Å². The number of pyridine rings is 1. The van der Waals surface area contributed by atoms with E-state index in [4.69, 9.17) is 4.74 Å². The highest BCUT2D eigenvalue weighted by molar-refractivity contribution is 5.94. The number of aromatic nitrogens is 1. The van der Waals surface area contributed by atoms with Crippen LogP contribution in [0.15, 0.2) is 18.3 Å². The minimum Gasteiger partial charge on any atom is -0.379 e. The Hall–Kier alpha value is -1.62.